The van der Waals surface area contributed by atoms with E-state index in [9.17, 15) is 0 Å². The van der Waals surface area contributed by atoms with Crippen molar-refractivity contribution in [3.8, 4) is 5.13 Å². The molecule has 0 radical (unpaired) electrons. The molecule has 1 N–H and O–H groups in total. The Morgan fingerprint density at radius 1 is 0.970 bits per heavy atom. The molecular formula is C25H20N6S2. The molecule has 0 amide bonds. The van der Waals surface area contributed by atoms with E-state index < -0.39 is 0 Å². The quantitative estimate of drug-likeness (QED) is 0.364. The molecule has 162 valence electrons. The molecule has 0 aliphatic carbocycles. The summed E-state index contributed by atoms with van der Waals surface area (Å²) in [7, 11) is 0. The minimum absolute atomic E-state index is 0.0605. The minimum Gasteiger partial charge on any atom is -0.352 e. The highest BCUT2D eigenvalue weighted by Crippen LogP contribution is 2.41. The number of benzene rings is 1. The second kappa shape index (κ2) is 8.38. The van der Waals surface area contributed by atoms with Crippen molar-refractivity contribution in [2.45, 2.75) is 18.6 Å². The van der Waals surface area contributed by atoms with Gasteiger partial charge in [0.25, 0.3) is 0 Å². The Morgan fingerprint density at radius 3 is 2.70 bits per heavy atom. The van der Waals surface area contributed by atoms with E-state index in [2.05, 4.69) is 61.3 Å². The van der Waals surface area contributed by atoms with E-state index in [-0.39, 0.29) is 12.1 Å². The molecule has 0 spiro atoms. The second-order valence-corrected chi connectivity index (χ2v) is 9.28. The van der Waals surface area contributed by atoms with Crippen molar-refractivity contribution in [2.24, 2.45) is 0 Å². The van der Waals surface area contributed by atoms with Gasteiger partial charge in [0.05, 0.1) is 33.7 Å². The molecule has 0 bridgehead atoms. The molecule has 2 atom stereocenters. The Balaban J connectivity index is 1.46. The molecule has 1 aliphatic heterocycles. The maximum atomic E-state index is 5.82. The Morgan fingerprint density at radius 2 is 1.88 bits per heavy atom. The molecule has 1 aromatic carbocycles. The second-order valence-electron chi connectivity index (χ2n) is 7.88. The van der Waals surface area contributed by atoms with Gasteiger partial charge < -0.3 is 10.2 Å². The number of nitrogens with one attached hydrogen (secondary N) is 1. The largest absolute Gasteiger partial charge is 0.352 e. The Kier molecular flexibility index (Phi) is 5.09. The Bertz CT molecular complexity index is 1380. The molecule has 1 fully saturated rings. The van der Waals surface area contributed by atoms with Gasteiger partial charge in [0, 0.05) is 31.3 Å². The summed E-state index contributed by atoms with van der Waals surface area (Å²) in [6, 6.07) is 22.3. The van der Waals surface area contributed by atoms with Crippen LogP contribution in [0.4, 0.5) is 0 Å². The van der Waals surface area contributed by atoms with Crippen LogP contribution < -0.4 is 5.32 Å². The summed E-state index contributed by atoms with van der Waals surface area (Å²) < 4.78 is 3.35. The SMILES string of the molecule is S=C1NC(c2ccccn2)C(c2cccn2-c2nc3ccccc3s2)N1Cc1cccnc1. The van der Waals surface area contributed by atoms with E-state index in [0.717, 1.165) is 27.6 Å². The van der Waals surface area contributed by atoms with E-state index in [1.165, 1.54) is 4.70 Å². The van der Waals surface area contributed by atoms with Gasteiger partial charge in [-0.1, -0.05) is 35.6 Å². The van der Waals surface area contributed by atoms with Gasteiger partial charge in [-0.2, -0.15) is 0 Å². The fourth-order valence-corrected chi connectivity index (χ4v) is 5.63. The molecule has 6 rings (SSSR count). The number of nitrogens with zero attached hydrogens (tertiary/aromatic N) is 5. The van der Waals surface area contributed by atoms with Gasteiger partial charge >= 0.3 is 0 Å². The van der Waals surface area contributed by atoms with Gasteiger partial charge in [0.15, 0.2) is 10.2 Å². The molecule has 5 heterocycles. The topological polar surface area (TPSA) is 58.9 Å². The van der Waals surface area contributed by atoms with Gasteiger partial charge in [-0.3, -0.25) is 14.5 Å². The fraction of sp³-hybridized carbons (Fsp3) is 0.120. The van der Waals surface area contributed by atoms with Crippen molar-refractivity contribution in [1.82, 2.24) is 29.7 Å². The first-order valence-electron chi connectivity index (χ1n) is 10.7. The minimum atomic E-state index is -0.0848. The highest BCUT2D eigenvalue weighted by molar-refractivity contribution is 7.80. The fourth-order valence-electron chi connectivity index (χ4n) is 4.36. The van der Waals surface area contributed by atoms with Crippen LogP contribution in [-0.4, -0.2) is 29.5 Å². The van der Waals surface area contributed by atoms with E-state index in [0.29, 0.717) is 11.7 Å². The first-order chi connectivity index (χ1) is 16.3. The van der Waals surface area contributed by atoms with Gasteiger partial charge in [-0.25, -0.2) is 4.98 Å². The third kappa shape index (κ3) is 3.67. The van der Waals surface area contributed by atoms with Gasteiger partial charge in [0.2, 0.25) is 0 Å². The van der Waals surface area contributed by atoms with Gasteiger partial charge in [0.1, 0.15) is 0 Å². The van der Waals surface area contributed by atoms with Crippen molar-refractivity contribution in [3.05, 3.63) is 108 Å². The van der Waals surface area contributed by atoms with Crippen LogP contribution in [0.3, 0.4) is 0 Å². The standard InChI is InChI=1S/C25H20N6S2/c32-24-29-22(19-9-3-4-13-27-19)23(31(24)16-17-7-5-12-26-15-17)20-10-6-14-30(20)25-28-18-8-1-2-11-21(18)33-25/h1-15,22-23H,16H2,(H,29,32). The maximum absolute atomic E-state index is 5.82. The maximum Gasteiger partial charge on any atom is 0.194 e. The predicted molar refractivity (Wildman–Crippen MR) is 134 cm³/mol. The van der Waals surface area contributed by atoms with Crippen molar-refractivity contribution in [1.29, 1.82) is 0 Å². The van der Waals surface area contributed by atoms with Crippen LogP contribution in [0.5, 0.6) is 0 Å². The van der Waals surface area contributed by atoms with Crippen LogP contribution in [0, 0.1) is 0 Å². The summed E-state index contributed by atoms with van der Waals surface area (Å²) in [6.45, 7) is 0.651. The highest BCUT2D eigenvalue weighted by atomic mass is 32.1. The molecule has 4 aromatic heterocycles. The summed E-state index contributed by atoms with van der Waals surface area (Å²) in [6.07, 6.45) is 7.58. The van der Waals surface area contributed by atoms with Crippen LogP contribution in [0.1, 0.15) is 29.0 Å². The number of fused-ring (bicyclic) bond motifs is 1. The molecule has 8 heteroatoms. The first kappa shape index (κ1) is 20.0. The number of aromatic nitrogens is 4. The zero-order chi connectivity index (χ0) is 22.2. The first-order valence-corrected chi connectivity index (χ1v) is 11.9. The lowest BCUT2D eigenvalue weighted by Gasteiger charge is -2.28. The van der Waals surface area contributed by atoms with Gasteiger partial charge in [-0.05, 0) is 60.2 Å². The van der Waals surface area contributed by atoms with Crippen molar-refractivity contribution in [2.75, 3.05) is 0 Å². The lowest BCUT2D eigenvalue weighted by Crippen LogP contribution is -2.30. The molecule has 6 nitrogen and oxygen atoms in total. The van der Waals surface area contributed by atoms with E-state index in [1.54, 1.807) is 17.5 Å². The predicted octanol–water partition coefficient (Wildman–Crippen LogP) is 5.05. The van der Waals surface area contributed by atoms with Crippen LogP contribution in [-0.2, 0) is 6.54 Å². The van der Waals surface area contributed by atoms with Crippen LogP contribution in [0.2, 0.25) is 0 Å². The van der Waals surface area contributed by atoms with E-state index >= 15 is 0 Å². The summed E-state index contributed by atoms with van der Waals surface area (Å²) >= 11 is 7.51. The molecule has 1 aliphatic rings. The van der Waals surface area contributed by atoms with E-state index in [4.69, 9.17) is 17.2 Å². The highest BCUT2D eigenvalue weighted by Gasteiger charge is 2.41. The average Bonchev–Trinajstić information content (AvgIpc) is 3.57. The number of para-hydroxylation sites is 1. The lowest BCUT2D eigenvalue weighted by molar-refractivity contribution is 0.302. The number of hydrogen-bond donors (Lipinski definition) is 1. The van der Waals surface area contributed by atoms with Crippen molar-refractivity contribution < 1.29 is 0 Å². The van der Waals surface area contributed by atoms with Crippen LogP contribution in [0.25, 0.3) is 15.3 Å². The number of pyridine rings is 2. The summed E-state index contributed by atoms with van der Waals surface area (Å²) in [5.41, 5.74) is 4.17. The monoisotopic (exact) mass is 468 g/mol. The summed E-state index contributed by atoms with van der Waals surface area (Å²) in [4.78, 5) is 16.1. The number of thiocarbonyl (C=S) groups is 1. The molecule has 33 heavy (non-hydrogen) atoms. The molecular weight excluding hydrogens is 448 g/mol. The average molecular weight is 469 g/mol. The van der Waals surface area contributed by atoms with E-state index in [1.807, 2.05) is 48.8 Å². The van der Waals surface area contributed by atoms with Gasteiger partial charge in [-0.15, -0.1) is 0 Å². The number of hydrogen-bond acceptors (Lipinski definition) is 5. The summed E-state index contributed by atoms with van der Waals surface area (Å²) in [5.74, 6) is 0. The Hall–Kier alpha value is -3.62. The molecule has 1 saturated heterocycles. The zero-order valence-electron chi connectivity index (χ0n) is 17.6. The Labute approximate surface area is 200 Å². The normalized spacial score (nSPS) is 18.1. The van der Waals surface area contributed by atoms with Crippen LogP contribution in [0.15, 0.2) is 91.5 Å². The smallest absolute Gasteiger partial charge is 0.194 e. The number of rotatable bonds is 5. The molecule has 2 unspecified atom stereocenters. The zero-order valence-corrected chi connectivity index (χ0v) is 19.2. The van der Waals surface area contributed by atoms with Crippen molar-refractivity contribution >= 4 is 38.9 Å². The molecule has 0 saturated carbocycles. The summed E-state index contributed by atoms with van der Waals surface area (Å²) in [5, 5.41) is 5.17. The lowest BCUT2D eigenvalue weighted by atomic mass is 10.0. The van der Waals surface area contributed by atoms with Crippen LogP contribution >= 0.6 is 23.6 Å². The third-order valence-corrected chi connectivity index (χ3v) is 7.23. The van der Waals surface area contributed by atoms with Crippen molar-refractivity contribution in [3.63, 3.8) is 0 Å². The molecule has 5 aromatic rings. The third-order valence-electron chi connectivity index (χ3n) is 5.85. The number of thiazole rings is 1.